The number of hydrogen-bond donors (Lipinski definition) is 1. The molecule has 0 bridgehead atoms. The van der Waals surface area contributed by atoms with E-state index in [0.717, 1.165) is 50.6 Å². The molecular formula is C24H18F2N2O5S2. The van der Waals surface area contributed by atoms with Crippen molar-refractivity contribution >= 4 is 49.0 Å². The number of fused-ring (bicyclic) bond motifs is 1. The molecule has 0 unspecified atom stereocenters. The van der Waals surface area contributed by atoms with Crippen LogP contribution in [0.2, 0.25) is 0 Å². The van der Waals surface area contributed by atoms with Crippen molar-refractivity contribution in [3.8, 4) is 10.6 Å². The molecule has 35 heavy (non-hydrogen) atoms. The summed E-state index contributed by atoms with van der Waals surface area (Å²) in [4.78, 5) is 28.2. The van der Waals surface area contributed by atoms with Crippen LogP contribution >= 0.6 is 11.3 Å². The standard InChI is InChI=1S/C24H18F2N2O5S2/c1-14-2-11-19-20(12-14)34-22(28-19)15-3-7-17(8-4-15)27-21(29)13-33-23(30)16-5-9-18(10-6-16)35(31,32)24(25)26/h2-12,24H,13H2,1H3,(H,27,29). The Labute approximate surface area is 203 Å². The second-order valence-electron chi connectivity index (χ2n) is 7.52. The fourth-order valence-corrected chi connectivity index (χ4v) is 4.94. The highest BCUT2D eigenvalue weighted by Crippen LogP contribution is 2.31. The fourth-order valence-electron chi connectivity index (χ4n) is 3.15. The number of anilines is 1. The molecule has 0 atom stereocenters. The minimum Gasteiger partial charge on any atom is -0.452 e. The number of halogens is 2. The van der Waals surface area contributed by atoms with E-state index in [1.54, 1.807) is 23.5 Å². The predicted molar refractivity (Wildman–Crippen MR) is 128 cm³/mol. The molecule has 0 radical (unpaired) electrons. The SMILES string of the molecule is Cc1ccc2nc(-c3ccc(NC(=O)COC(=O)c4ccc(S(=O)(=O)C(F)F)cc4)cc3)sc2c1. The van der Waals surface area contributed by atoms with E-state index in [2.05, 4.69) is 16.4 Å². The number of benzene rings is 3. The molecule has 0 spiro atoms. The van der Waals surface area contributed by atoms with Crippen LogP contribution in [0.25, 0.3) is 20.8 Å². The molecule has 0 saturated carbocycles. The largest absolute Gasteiger partial charge is 0.452 e. The Bertz CT molecular complexity index is 1500. The van der Waals surface area contributed by atoms with Crippen molar-refractivity contribution in [3.05, 3.63) is 77.9 Å². The minimum absolute atomic E-state index is 0.0820. The Kier molecular flexibility index (Phi) is 6.90. The lowest BCUT2D eigenvalue weighted by molar-refractivity contribution is -0.119. The van der Waals surface area contributed by atoms with Crippen LogP contribution in [0, 0.1) is 6.92 Å². The number of aromatic nitrogens is 1. The van der Waals surface area contributed by atoms with E-state index in [1.165, 1.54) is 0 Å². The van der Waals surface area contributed by atoms with E-state index >= 15 is 0 Å². The molecular weight excluding hydrogens is 498 g/mol. The van der Waals surface area contributed by atoms with Gasteiger partial charge in [-0.2, -0.15) is 8.78 Å². The first-order valence-corrected chi connectivity index (χ1v) is 12.6. The number of rotatable bonds is 7. The van der Waals surface area contributed by atoms with Gasteiger partial charge < -0.3 is 10.1 Å². The lowest BCUT2D eigenvalue weighted by Crippen LogP contribution is -2.21. The summed E-state index contributed by atoms with van der Waals surface area (Å²) < 4.78 is 54.0. The van der Waals surface area contributed by atoms with Crippen LogP contribution in [0.1, 0.15) is 15.9 Å². The maximum atomic E-state index is 12.6. The lowest BCUT2D eigenvalue weighted by atomic mass is 10.2. The second-order valence-corrected chi connectivity index (χ2v) is 10.5. The minimum atomic E-state index is -4.76. The van der Waals surface area contributed by atoms with E-state index in [1.807, 2.05) is 31.2 Å². The summed E-state index contributed by atoms with van der Waals surface area (Å²) in [5, 5.41) is 3.46. The average molecular weight is 517 g/mol. The molecule has 1 heterocycles. The molecule has 1 N–H and O–H groups in total. The van der Waals surface area contributed by atoms with Gasteiger partial charge in [-0.05, 0) is 73.2 Å². The molecule has 7 nitrogen and oxygen atoms in total. The second kappa shape index (κ2) is 9.88. The molecule has 180 valence electrons. The van der Waals surface area contributed by atoms with Crippen molar-refractivity contribution in [3.63, 3.8) is 0 Å². The quantitative estimate of drug-likeness (QED) is 0.345. The van der Waals surface area contributed by atoms with Crippen LogP contribution in [0.5, 0.6) is 0 Å². The molecule has 4 rings (SSSR count). The van der Waals surface area contributed by atoms with Gasteiger partial charge in [-0.1, -0.05) is 6.07 Å². The molecule has 11 heteroatoms. The topological polar surface area (TPSA) is 102 Å². The molecule has 4 aromatic rings. The third-order valence-electron chi connectivity index (χ3n) is 4.95. The molecule has 0 aliphatic carbocycles. The third-order valence-corrected chi connectivity index (χ3v) is 7.41. The summed E-state index contributed by atoms with van der Waals surface area (Å²) in [5.74, 6) is -5.05. The van der Waals surface area contributed by atoms with Gasteiger partial charge in [-0.15, -0.1) is 11.3 Å². The van der Waals surface area contributed by atoms with Crippen molar-refractivity contribution in [2.24, 2.45) is 0 Å². The summed E-state index contributed by atoms with van der Waals surface area (Å²) in [6.45, 7) is 1.43. The number of thiazole rings is 1. The van der Waals surface area contributed by atoms with Gasteiger partial charge in [0.25, 0.3) is 5.91 Å². The Morgan fingerprint density at radius 3 is 2.37 bits per heavy atom. The van der Waals surface area contributed by atoms with Crippen LogP contribution in [0.15, 0.2) is 71.6 Å². The van der Waals surface area contributed by atoms with Gasteiger partial charge in [-0.3, -0.25) is 4.79 Å². The highest BCUT2D eigenvalue weighted by atomic mass is 32.2. The van der Waals surface area contributed by atoms with Gasteiger partial charge in [0.2, 0.25) is 9.84 Å². The van der Waals surface area contributed by atoms with E-state index in [9.17, 15) is 26.8 Å². The number of esters is 1. The number of carbonyl (C=O) groups excluding carboxylic acids is 2. The Hall–Kier alpha value is -3.70. The van der Waals surface area contributed by atoms with E-state index in [0.29, 0.717) is 5.69 Å². The van der Waals surface area contributed by atoms with Crippen LogP contribution in [0.3, 0.4) is 0 Å². The van der Waals surface area contributed by atoms with Crippen molar-refractivity contribution in [1.82, 2.24) is 4.98 Å². The van der Waals surface area contributed by atoms with Crippen molar-refractivity contribution < 1.29 is 31.5 Å². The van der Waals surface area contributed by atoms with Crippen molar-refractivity contribution in [2.75, 3.05) is 11.9 Å². The number of sulfone groups is 1. The van der Waals surface area contributed by atoms with Crippen molar-refractivity contribution in [2.45, 2.75) is 17.6 Å². The van der Waals surface area contributed by atoms with Crippen LogP contribution < -0.4 is 5.32 Å². The van der Waals surface area contributed by atoms with Gasteiger partial charge in [0.15, 0.2) is 6.61 Å². The molecule has 0 aliphatic heterocycles. The highest BCUT2D eigenvalue weighted by molar-refractivity contribution is 7.91. The summed E-state index contributed by atoms with van der Waals surface area (Å²) in [7, 11) is -4.76. The van der Waals surface area contributed by atoms with Gasteiger partial charge in [0.1, 0.15) is 5.01 Å². The number of hydrogen-bond acceptors (Lipinski definition) is 7. The molecule has 1 amide bonds. The first-order chi connectivity index (χ1) is 16.6. The number of aryl methyl sites for hydroxylation is 1. The van der Waals surface area contributed by atoms with E-state index in [4.69, 9.17) is 4.74 Å². The predicted octanol–water partition coefficient (Wildman–Crippen LogP) is 5.06. The zero-order valence-corrected chi connectivity index (χ0v) is 19.8. The Morgan fingerprint density at radius 2 is 1.71 bits per heavy atom. The van der Waals surface area contributed by atoms with Gasteiger partial charge >= 0.3 is 11.7 Å². The van der Waals surface area contributed by atoms with E-state index in [-0.39, 0.29) is 5.56 Å². The molecule has 0 saturated heterocycles. The number of nitrogens with zero attached hydrogens (tertiary/aromatic N) is 1. The van der Waals surface area contributed by atoms with Crippen molar-refractivity contribution in [1.29, 1.82) is 0 Å². The molecule has 0 aliphatic rings. The van der Waals surface area contributed by atoms with Gasteiger partial charge in [-0.25, -0.2) is 18.2 Å². The molecule has 0 fully saturated rings. The van der Waals surface area contributed by atoms with Gasteiger partial charge in [0, 0.05) is 11.3 Å². The van der Waals surface area contributed by atoms with Crippen LogP contribution in [0.4, 0.5) is 14.5 Å². The summed E-state index contributed by atoms with van der Waals surface area (Å²) in [6, 6.07) is 16.9. The summed E-state index contributed by atoms with van der Waals surface area (Å²) >= 11 is 1.57. The first-order valence-electron chi connectivity index (χ1n) is 10.2. The lowest BCUT2D eigenvalue weighted by Gasteiger charge is -2.08. The number of alkyl halides is 2. The van der Waals surface area contributed by atoms with Crippen LogP contribution in [-0.2, 0) is 19.4 Å². The van der Waals surface area contributed by atoms with Gasteiger partial charge in [0.05, 0.1) is 20.7 Å². The molecule has 3 aromatic carbocycles. The highest BCUT2D eigenvalue weighted by Gasteiger charge is 2.26. The summed E-state index contributed by atoms with van der Waals surface area (Å²) in [5.41, 5.74) is 3.38. The average Bonchev–Trinajstić information content (AvgIpc) is 3.26. The summed E-state index contributed by atoms with van der Waals surface area (Å²) in [6.07, 6.45) is 0. The first kappa shape index (κ1) is 24.4. The molecule has 1 aromatic heterocycles. The monoisotopic (exact) mass is 516 g/mol. The van der Waals surface area contributed by atoms with Crippen LogP contribution in [-0.4, -0.2) is 37.6 Å². The zero-order chi connectivity index (χ0) is 25.2. The Balaban J connectivity index is 1.33. The Morgan fingerprint density at radius 1 is 1.03 bits per heavy atom. The number of amides is 1. The maximum absolute atomic E-state index is 12.6. The van der Waals surface area contributed by atoms with E-state index < -0.39 is 39.0 Å². The normalized spacial score (nSPS) is 11.5. The number of carbonyl (C=O) groups is 2. The fraction of sp³-hybridized carbons (Fsp3) is 0.125. The maximum Gasteiger partial charge on any atom is 0.341 e. The number of nitrogens with one attached hydrogen (secondary N) is 1. The third kappa shape index (κ3) is 5.52. The number of ether oxygens (including phenoxy) is 1. The smallest absolute Gasteiger partial charge is 0.341 e. The zero-order valence-electron chi connectivity index (χ0n) is 18.2.